The second kappa shape index (κ2) is 11.9. The van der Waals surface area contributed by atoms with Crippen LogP contribution >= 0.6 is 0 Å². The van der Waals surface area contributed by atoms with Gasteiger partial charge in [0, 0.05) is 35.7 Å². The third-order valence-corrected chi connectivity index (χ3v) is 9.52. The molecule has 1 unspecified atom stereocenters. The van der Waals surface area contributed by atoms with Gasteiger partial charge in [-0.3, -0.25) is 9.69 Å². The van der Waals surface area contributed by atoms with Crippen LogP contribution in [-0.4, -0.2) is 57.7 Å². The van der Waals surface area contributed by atoms with Crippen molar-refractivity contribution < 1.29 is 41.3 Å². The van der Waals surface area contributed by atoms with Gasteiger partial charge in [0.25, 0.3) is 0 Å². The van der Waals surface area contributed by atoms with Gasteiger partial charge in [-0.1, -0.05) is 25.3 Å². The highest BCUT2D eigenvalue weighted by Gasteiger charge is 2.44. The first kappa shape index (κ1) is 30.8. The van der Waals surface area contributed by atoms with Gasteiger partial charge >= 0.3 is 12.1 Å². The summed E-state index contributed by atoms with van der Waals surface area (Å²) in [7, 11) is 0. The maximum Gasteiger partial charge on any atom is 0.401 e. The molecule has 3 atom stereocenters. The van der Waals surface area contributed by atoms with Crippen molar-refractivity contribution >= 4 is 16.9 Å². The van der Waals surface area contributed by atoms with Crippen LogP contribution < -0.4 is 4.74 Å². The highest BCUT2D eigenvalue weighted by atomic mass is 19.4. The molecule has 12 heteroatoms. The van der Waals surface area contributed by atoms with Crippen molar-refractivity contribution in [1.29, 1.82) is 0 Å². The summed E-state index contributed by atoms with van der Waals surface area (Å²) in [6, 6.07) is 3.19. The Bertz CT molecular complexity index is 1510. The van der Waals surface area contributed by atoms with Crippen molar-refractivity contribution in [3.05, 3.63) is 58.8 Å². The highest BCUT2D eigenvalue weighted by molar-refractivity contribution is 5.84. The fourth-order valence-electron chi connectivity index (χ4n) is 7.22. The standard InChI is InChI=1S/C32H36F5N3O4/c1-19-13-22-21(8-9-26-23(22)16-38-40(26)27-7-3-6-12-43-27)29(39(19)17-32(35,36)37)28-24(33)14-20(15-25(28)34)44-18-31(30(41)42)10-4-2-5-11-31/h8-9,14-16,19,27,29H,2-7,10-13,17-18H2,1H3,(H,41,42)/t19-,27?,29+/m1/s1. The zero-order chi connectivity index (χ0) is 31.2. The molecule has 0 amide bonds. The predicted octanol–water partition coefficient (Wildman–Crippen LogP) is 7.33. The van der Waals surface area contributed by atoms with Gasteiger partial charge in [0.1, 0.15) is 29.4 Å². The van der Waals surface area contributed by atoms with Gasteiger partial charge in [0.05, 0.1) is 24.3 Å². The molecule has 0 bridgehead atoms. The predicted molar refractivity (Wildman–Crippen MR) is 151 cm³/mol. The highest BCUT2D eigenvalue weighted by Crippen LogP contribution is 2.45. The molecule has 3 heterocycles. The third kappa shape index (κ3) is 5.78. The molecule has 1 saturated carbocycles. The largest absolute Gasteiger partial charge is 0.492 e. The molecule has 0 spiro atoms. The van der Waals surface area contributed by atoms with Crippen molar-refractivity contribution in [2.75, 3.05) is 19.8 Å². The van der Waals surface area contributed by atoms with Crippen LogP contribution in [-0.2, 0) is 16.0 Å². The van der Waals surface area contributed by atoms with Crippen LogP contribution in [0.1, 0.15) is 87.3 Å². The topological polar surface area (TPSA) is 76.8 Å². The number of carboxylic acids is 1. The summed E-state index contributed by atoms with van der Waals surface area (Å²) in [6.07, 6.45) is 2.87. The zero-order valence-electron chi connectivity index (χ0n) is 24.5. The fourth-order valence-corrected chi connectivity index (χ4v) is 7.22. The third-order valence-electron chi connectivity index (χ3n) is 9.52. The van der Waals surface area contributed by atoms with E-state index in [1.54, 1.807) is 29.9 Å². The zero-order valence-corrected chi connectivity index (χ0v) is 24.5. The van der Waals surface area contributed by atoms with Gasteiger partial charge in [-0.05, 0) is 62.6 Å². The molecule has 2 aromatic carbocycles. The average Bonchev–Trinajstić information content (AvgIpc) is 3.42. The Kier molecular flexibility index (Phi) is 8.34. The molecule has 238 valence electrons. The van der Waals surface area contributed by atoms with E-state index in [9.17, 15) is 23.1 Å². The number of aliphatic carboxylic acids is 1. The Morgan fingerprint density at radius 1 is 1.11 bits per heavy atom. The number of carbonyl (C=O) groups is 1. The van der Waals surface area contributed by atoms with E-state index in [1.165, 1.54) is 0 Å². The lowest BCUT2D eigenvalue weighted by atomic mass is 9.75. The summed E-state index contributed by atoms with van der Waals surface area (Å²) < 4.78 is 86.8. The number of fused-ring (bicyclic) bond motifs is 3. The summed E-state index contributed by atoms with van der Waals surface area (Å²) in [5, 5.41) is 15.1. The second-order valence-electron chi connectivity index (χ2n) is 12.5. The quantitative estimate of drug-likeness (QED) is 0.279. The molecule has 1 aromatic heterocycles. The van der Waals surface area contributed by atoms with Crippen molar-refractivity contribution in [3.63, 3.8) is 0 Å². The van der Waals surface area contributed by atoms with E-state index in [1.807, 2.05) is 0 Å². The molecule has 3 aromatic rings. The molecule has 3 aliphatic rings. The van der Waals surface area contributed by atoms with Crippen LogP contribution in [0.2, 0.25) is 0 Å². The summed E-state index contributed by atoms with van der Waals surface area (Å²) in [5.74, 6) is -3.34. The van der Waals surface area contributed by atoms with Gasteiger partial charge in [0.2, 0.25) is 0 Å². The van der Waals surface area contributed by atoms with E-state index < -0.39 is 53.4 Å². The molecule has 1 saturated heterocycles. The lowest BCUT2D eigenvalue weighted by Gasteiger charge is -2.43. The number of rotatable bonds is 7. The number of aromatic nitrogens is 2. The maximum atomic E-state index is 15.9. The minimum absolute atomic E-state index is 0.203. The number of halogens is 5. The Morgan fingerprint density at radius 3 is 2.48 bits per heavy atom. The second-order valence-corrected chi connectivity index (χ2v) is 12.5. The molecule has 44 heavy (non-hydrogen) atoms. The van der Waals surface area contributed by atoms with E-state index in [2.05, 4.69) is 5.10 Å². The van der Waals surface area contributed by atoms with Crippen molar-refractivity contribution in [3.8, 4) is 5.75 Å². The summed E-state index contributed by atoms with van der Waals surface area (Å²) in [5.41, 5.74) is 0.166. The smallest absolute Gasteiger partial charge is 0.401 e. The number of hydrogen-bond acceptors (Lipinski definition) is 5. The van der Waals surface area contributed by atoms with Crippen LogP contribution in [0.3, 0.4) is 0 Å². The fraction of sp³-hybridized carbons (Fsp3) is 0.562. The molecule has 2 aliphatic heterocycles. The first-order valence-corrected chi connectivity index (χ1v) is 15.3. The summed E-state index contributed by atoms with van der Waals surface area (Å²) in [6.45, 7) is 0.622. The van der Waals surface area contributed by atoms with Crippen LogP contribution in [0.15, 0.2) is 30.5 Å². The molecular formula is C32H36F5N3O4. The SMILES string of the molecule is C[C@@H]1Cc2c(ccc3c2cnn3C2CCCCO2)[C@@H](c2c(F)cc(OCC3(C(=O)O)CCCCC3)cc2F)N1CC(F)(F)F. The van der Waals surface area contributed by atoms with Crippen molar-refractivity contribution in [2.45, 2.75) is 89.2 Å². The Balaban J connectivity index is 1.39. The minimum atomic E-state index is -4.61. The Labute approximate surface area is 251 Å². The van der Waals surface area contributed by atoms with Crippen LogP contribution in [0.25, 0.3) is 10.9 Å². The molecule has 1 aliphatic carbocycles. The number of nitrogens with zero attached hydrogens (tertiary/aromatic N) is 3. The van der Waals surface area contributed by atoms with E-state index in [4.69, 9.17) is 9.47 Å². The van der Waals surface area contributed by atoms with Crippen molar-refractivity contribution in [2.24, 2.45) is 5.41 Å². The van der Waals surface area contributed by atoms with Crippen LogP contribution in [0.4, 0.5) is 22.0 Å². The van der Waals surface area contributed by atoms with Gasteiger partial charge < -0.3 is 14.6 Å². The van der Waals surface area contributed by atoms with Gasteiger partial charge in [-0.15, -0.1) is 0 Å². The molecule has 6 rings (SSSR count). The van der Waals surface area contributed by atoms with E-state index in [0.717, 1.165) is 48.2 Å². The van der Waals surface area contributed by atoms with E-state index >= 15 is 8.78 Å². The summed E-state index contributed by atoms with van der Waals surface area (Å²) >= 11 is 0. The average molecular weight is 622 g/mol. The number of carboxylic acid groups (broad SMARTS) is 1. The number of hydrogen-bond donors (Lipinski definition) is 1. The maximum absolute atomic E-state index is 15.9. The Morgan fingerprint density at radius 2 is 1.84 bits per heavy atom. The number of alkyl halides is 3. The van der Waals surface area contributed by atoms with Gasteiger partial charge in [-0.2, -0.15) is 18.3 Å². The molecule has 2 fully saturated rings. The molecule has 1 N–H and O–H groups in total. The first-order chi connectivity index (χ1) is 21.0. The van der Waals surface area contributed by atoms with Crippen molar-refractivity contribution in [1.82, 2.24) is 14.7 Å². The molecule has 7 nitrogen and oxygen atoms in total. The molecular weight excluding hydrogens is 585 g/mol. The normalized spacial score (nSPS) is 24.3. The number of ether oxygens (including phenoxy) is 2. The lowest BCUT2D eigenvalue weighted by Crippen LogP contribution is -2.47. The summed E-state index contributed by atoms with van der Waals surface area (Å²) in [4.78, 5) is 13.1. The van der Waals surface area contributed by atoms with Crippen LogP contribution in [0, 0.1) is 17.0 Å². The van der Waals surface area contributed by atoms with E-state index in [0.29, 0.717) is 48.8 Å². The first-order valence-electron chi connectivity index (χ1n) is 15.3. The Hall–Kier alpha value is -3.25. The monoisotopic (exact) mass is 621 g/mol. The van der Waals surface area contributed by atoms with E-state index in [-0.39, 0.29) is 25.0 Å². The molecule has 0 radical (unpaired) electrons. The minimum Gasteiger partial charge on any atom is -0.492 e. The lowest BCUT2D eigenvalue weighted by molar-refractivity contribution is -0.156. The van der Waals surface area contributed by atoms with Gasteiger partial charge in [-0.25, -0.2) is 13.5 Å². The van der Waals surface area contributed by atoms with Crippen LogP contribution in [0.5, 0.6) is 5.75 Å². The number of benzene rings is 2. The van der Waals surface area contributed by atoms with Gasteiger partial charge in [0.15, 0.2) is 6.23 Å².